The number of morpholine rings is 1. The van der Waals surface area contributed by atoms with Gasteiger partial charge in [0.1, 0.15) is 5.82 Å². The number of aromatic nitrogens is 1. The average Bonchev–Trinajstić information content (AvgIpc) is 2.62. The number of nitrogens with two attached hydrogens (primary N) is 1. The molecule has 0 bridgehead atoms. The summed E-state index contributed by atoms with van der Waals surface area (Å²) in [6.07, 6.45) is 3.65. The number of nitrogens with zero attached hydrogens (tertiary/aromatic N) is 2. The maximum Gasteiger partial charge on any atom is 0.169 e. The van der Waals surface area contributed by atoms with Crippen molar-refractivity contribution >= 4 is 5.82 Å². The molecule has 2 N–H and O–H groups in total. The zero-order chi connectivity index (χ0) is 17.6. The molecular weight excluding hydrogens is 321 g/mol. The summed E-state index contributed by atoms with van der Waals surface area (Å²) in [5, 5.41) is 0. The third-order valence-electron chi connectivity index (χ3n) is 4.48. The van der Waals surface area contributed by atoms with Crippen molar-refractivity contribution in [2.45, 2.75) is 25.5 Å². The van der Waals surface area contributed by atoms with Gasteiger partial charge in [0, 0.05) is 31.4 Å². The first kappa shape index (κ1) is 17.6. The molecule has 1 aromatic carbocycles. The highest BCUT2D eigenvalue weighted by Gasteiger charge is 2.22. The summed E-state index contributed by atoms with van der Waals surface area (Å²) in [4.78, 5) is 6.24. The van der Waals surface area contributed by atoms with Crippen LogP contribution in [0.2, 0.25) is 0 Å². The number of aryl methyl sites for hydroxylation is 1. The van der Waals surface area contributed by atoms with Gasteiger partial charge in [-0.15, -0.1) is 0 Å². The van der Waals surface area contributed by atoms with E-state index in [9.17, 15) is 4.39 Å². The van der Waals surface area contributed by atoms with Gasteiger partial charge in [-0.05, 0) is 36.6 Å². The Kier molecular flexibility index (Phi) is 5.83. The molecule has 2 aromatic rings. The molecule has 0 unspecified atom stereocenters. The van der Waals surface area contributed by atoms with Gasteiger partial charge >= 0.3 is 0 Å². The van der Waals surface area contributed by atoms with Gasteiger partial charge in [-0.1, -0.05) is 12.1 Å². The Labute approximate surface area is 147 Å². The molecule has 6 heteroatoms. The van der Waals surface area contributed by atoms with Crippen molar-refractivity contribution in [3.63, 3.8) is 0 Å². The second-order valence-corrected chi connectivity index (χ2v) is 6.29. The number of hydrogen-bond acceptors (Lipinski definition) is 5. The van der Waals surface area contributed by atoms with Crippen LogP contribution in [0.4, 0.5) is 10.2 Å². The molecule has 3 rings (SSSR count). The predicted octanol–water partition coefficient (Wildman–Crippen LogP) is 2.65. The van der Waals surface area contributed by atoms with E-state index in [0.29, 0.717) is 24.5 Å². The minimum atomic E-state index is -0.277. The highest BCUT2D eigenvalue weighted by Crippen LogP contribution is 2.22. The third kappa shape index (κ3) is 4.67. The number of hydrogen-bond donors (Lipinski definition) is 1. The van der Waals surface area contributed by atoms with E-state index in [-0.39, 0.29) is 17.7 Å². The lowest BCUT2D eigenvalue weighted by Crippen LogP contribution is -2.42. The van der Waals surface area contributed by atoms with Crippen LogP contribution in [-0.2, 0) is 17.7 Å². The first-order valence-electron chi connectivity index (χ1n) is 8.51. The number of benzene rings is 1. The fourth-order valence-corrected chi connectivity index (χ4v) is 3.15. The molecule has 0 saturated carbocycles. The van der Waals surface area contributed by atoms with E-state index >= 15 is 0 Å². The largest absolute Gasteiger partial charge is 0.494 e. The van der Waals surface area contributed by atoms with E-state index in [1.54, 1.807) is 12.3 Å². The van der Waals surface area contributed by atoms with Crippen LogP contribution < -0.4 is 10.5 Å². The third-order valence-corrected chi connectivity index (χ3v) is 4.48. The molecule has 0 radical (unpaired) electrons. The normalized spacial score (nSPS) is 18.2. The predicted molar refractivity (Wildman–Crippen MR) is 94.9 cm³/mol. The lowest BCUT2D eigenvalue weighted by Gasteiger charge is -2.33. The molecule has 2 heterocycles. The molecular formula is C19H24FN3O2. The maximum absolute atomic E-state index is 14.3. The Morgan fingerprint density at radius 1 is 1.40 bits per heavy atom. The van der Waals surface area contributed by atoms with Crippen molar-refractivity contribution in [2.75, 3.05) is 32.5 Å². The van der Waals surface area contributed by atoms with Crippen LogP contribution in [0.1, 0.15) is 17.5 Å². The molecule has 0 spiro atoms. The summed E-state index contributed by atoms with van der Waals surface area (Å²) in [5.41, 5.74) is 7.53. The molecule has 0 aliphatic carbocycles. The van der Waals surface area contributed by atoms with E-state index in [1.165, 1.54) is 7.11 Å². The summed E-state index contributed by atoms with van der Waals surface area (Å²) in [5.74, 6) is 0.551. The van der Waals surface area contributed by atoms with Crippen molar-refractivity contribution in [3.8, 4) is 5.75 Å². The number of pyridine rings is 1. The number of ether oxygens (including phenoxy) is 2. The van der Waals surface area contributed by atoms with Crippen LogP contribution in [0, 0.1) is 5.82 Å². The SMILES string of the molecule is COc1cccc(CN2CCO[C@H](CCc3ccnc(N)c3)C2)c1F. The van der Waals surface area contributed by atoms with Gasteiger partial charge in [0.2, 0.25) is 0 Å². The van der Waals surface area contributed by atoms with Gasteiger partial charge in [-0.25, -0.2) is 9.37 Å². The second kappa shape index (κ2) is 8.27. The number of anilines is 1. The van der Waals surface area contributed by atoms with Gasteiger partial charge in [0.15, 0.2) is 11.6 Å². The monoisotopic (exact) mass is 345 g/mol. The molecule has 134 valence electrons. The Morgan fingerprint density at radius 2 is 2.28 bits per heavy atom. The Morgan fingerprint density at radius 3 is 3.08 bits per heavy atom. The second-order valence-electron chi connectivity index (χ2n) is 6.29. The summed E-state index contributed by atoms with van der Waals surface area (Å²) < 4.78 is 25.3. The molecule has 1 fully saturated rings. The zero-order valence-corrected chi connectivity index (χ0v) is 14.5. The molecule has 0 amide bonds. The van der Waals surface area contributed by atoms with Gasteiger partial charge < -0.3 is 15.2 Å². The van der Waals surface area contributed by atoms with Crippen LogP contribution in [0.25, 0.3) is 0 Å². The topological polar surface area (TPSA) is 60.6 Å². The molecule has 1 aromatic heterocycles. The smallest absolute Gasteiger partial charge is 0.169 e. The van der Waals surface area contributed by atoms with E-state index in [1.807, 2.05) is 24.3 Å². The minimum absolute atomic E-state index is 0.136. The molecule has 5 nitrogen and oxygen atoms in total. The van der Waals surface area contributed by atoms with E-state index in [2.05, 4.69) is 9.88 Å². The maximum atomic E-state index is 14.3. The van der Waals surface area contributed by atoms with Gasteiger partial charge in [0.05, 0.1) is 19.8 Å². The Balaban J connectivity index is 1.56. The van der Waals surface area contributed by atoms with Crippen molar-refractivity contribution in [3.05, 3.63) is 53.5 Å². The summed E-state index contributed by atoms with van der Waals surface area (Å²) in [6, 6.07) is 9.14. The van der Waals surface area contributed by atoms with Crippen molar-refractivity contribution in [2.24, 2.45) is 0 Å². The van der Waals surface area contributed by atoms with Crippen LogP contribution in [-0.4, -0.2) is 42.8 Å². The van der Waals surface area contributed by atoms with E-state index in [0.717, 1.165) is 31.5 Å². The standard InChI is InChI=1S/C19H24FN3O2/c1-24-17-4-2-3-15(19(17)20)12-23-9-10-25-16(13-23)6-5-14-7-8-22-18(21)11-14/h2-4,7-8,11,16H,5-6,9-10,12-13H2,1H3,(H2,21,22)/t16-/m1/s1. The lowest BCUT2D eigenvalue weighted by molar-refractivity contribution is -0.0348. The van der Waals surface area contributed by atoms with Crippen LogP contribution in [0.15, 0.2) is 36.5 Å². The fraction of sp³-hybridized carbons (Fsp3) is 0.421. The molecule has 1 saturated heterocycles. The van der Waals surface area contributed by atoms with Crippen LogP contribution in [0.5, 0.6) is 5.75 Å². The minimum Gasteiger partial charge on any atom is -0.494 e. The first-order valence-corrected chi connectivity index (χ1v) is 8.51. The summed E-state index contributed by atoms with van der Waals surface area (Å²) in [7, 11) is 1.48. The zero-order valence-electron chi connectivity index (χ0n) is 14.5. The van der Waals surface area contributed by atoms with Gasteiger partial charge in [0.25, 0.3) is 0 Å². The first-order chi connectivity index (χ1) is 12.2. The molecule has 25 heavy (non-hydrogen) atoms. The molecule has 1 atom stereocenters. The van der Waals surface area contributed by atoms with Crippen molar-refractivity contribution in [1.29, 1.82) is 0 Å². The summed E-state index contributed by atoms with van der Waals surface area (Å²) in [6.45, 7) is 2.81. The van der Waals surface area contributed by atoms with Gasteiger partial charge in [-0.3, -0.25) is 4.90 Å². The van der Waals surface area contributed by atoms with E-state index < -0.39 is 0 Å². The Hall–Kier alpha value is -2.18. The molecule has 1 aliphatic rings. The van der Waals surface area contributed by atoms with Crippen molar-refractivity contribution < 1.29 is 13.9 Å². The quantitative estimate of drug-likeness (QED) is 0.872. The number of nitrogen functional groups attached to an aromatic ring is 1. The highest BCUT2D eigenvalue weighted by molar-refractivity contribution is 5.32. The van der Waals surface area contributed by atoms with Crippen LogP contribution in [0.3, 0.4) is 0 Å². The number of methoxy groups -OCH3 is 1. The lowest BCUT2D eigenvalue weighted by atomic mass is 10.1. The fourth-order valence-electron chi connectivity index (χ4n) is 3.15. The number of halogens is 1. The number of rotatable bonds is 6. The average molecular weight is 345 g/mol. The van der Waals surface area contributed by atoms with E-state index in [4.69, 9.17) is 15.2 Å². The Bertz CT molecular complexity index is 711. The van der Waals surface area contributed by atoms with Gasteiger partial charge in [-0.2, -0.15) is 0 Å². The summed E-state index contributed by atoms with van der Waals surface area (Å²) >= 11 is 0. The highest BCUT2D eigenvalue weighted by atomic mass is 19.1. The van der Waals surface area contributed by atoms with Crippen molar-refractivity contribution in [1.82, 2.24) is 9.88 Å². The molecule has 1 aliphatic heterocycles. The van der Waals surface area contributed by atoms with Crippen LogP contribution >= 0.6 is 0 Å².